The van der Waals surface area contributed by atoms with Crippen molar-refractivity contribution in [3.8, 4) is 0 Å². The highest BCUT2D eigenvalue weighted by Gasteiger charge is 2.03. The predicted octanol–water partition coefficient (Wildman–Crippen LogP) is 0.133. The summed E-state index contributed by atoms with van der Waals surface area (Å²) in [7, 11) is 1.59. The molecule has 0 aromatic rings. The van der Waals surface area contributed by atoms with E-state index in [1.165, 1.54) is 0 Å². The van der Waals surface area contributed by atoms with E-state index in [9.17, 15) is 4.79 Å². The SMILES string of the molecule is COCCOC(C)COC(N)=O. The van der Waals surface area contributed by atoms with Crippen LogP contribution in [-0.2, 0) is 14.2 Å². The van der Waals surface area contributed by atoms with Crippen molar-refractivity contribution < 1.29 is 19.0 Å². The van der Waals surface area contributed by atoms with Crippen molar-refractivity contribution in [3.05, 3.63) is 0 Å². The lowest BCUT2D eigenvalue weighted by Crippen LogP contribution is -2.23. The van der Waals surface area contributed by atoms with E-state index in [1.54, 1.807) is 14.0 Å². The third-order valence-corrected chi connectivity index (χ3v) is 1.15. The van der Waals surface area contributed by atoms with E-state index in [0.29, 0.717) is 13.2 Å². The number of hydrogen-bond donors (Lipinski definition) is 1. The van der Waals surface area contributed by atoms with Gasteiger partial charge in [-0.2, -0.15) is 0 Å². The van der Waals surface area contributed by atoms with Gasteiger partial charge in [0.05, 0.1) is 19.3 Å². The average Bonchev–Trinajstić information content (AvgIpc) is 2.01. The Hall–Kier alpha value is -0.810. The van der Waals surface area contributed by atoms with Crippen molar-refractivity contribution in [2.75, 3.05) is 26.9 Å². The van der Waals surface area contributed by atoms with E-state index >= 15 is 0 Å². The van der Waals surface area contributed by atoms with Crippen molar-refractivity contribution in [2.45, 2.75) is 13.0 Å². The van der Waals surface area contributed by atoms with Gasteiger partial charge in [-0.25, -0.2) is 4.79 Å². The second-order valence-corrected chi connectivity index (χ2v) is 2.30. The first kappa shape index (κ1) is 11.2. The zero-order valence-corrected chi connectivity index (χ0v) is 7.41. The number of carbonyl (C=O) groups is 1. The second kappa shape index (κ2) is 6.87. The molecule has 0 aromatic heterocycles. The number of amides is 1. The molecule has 0 aliphatic heterocycles. The first-order valence-corrected chi connectivity index (χ1v) is 3.69. The van der Waals surface area contributed by atoms with Crippen LogP contribution >= 0.6 is 0 Å². The van der Waals surface area contributed by atoms with E-state index in [-0.39, 0.29) is 12.7 Å². The molecule has 5 nitrogen and oxygen atoms in total. The number of primary amides is 1. The van der Waals surface area contributed by atoms with Gasteiger partial charge in [-0.05, 0) is 6.92 Å². The summed E-state index contributed by atoms with van der Waals surface area (Å²) in [6.07, 6.45) is -0.926. The van der Waals surface area contributed by atoms with E-state index in [0.717, 1.165) is 0 Å². The van der Waals surface area contributed by atoms with Crippen LogP contribution in [0.25, 0.3) is 0 Å². The Morgan fingerprint density at radius 3 is 2.67 bits per heavy atom. The molecule has 0 spiro atoms. The first-order valence-electron chi connectivity index (χ1n) is 3.69. The summed E-state index contributed by atoms with van der Waals surface area (Å²) in [5, 5.41) is 0. The Labute approximate surface area is 71.8 Å². The number of methoxy groups -OCH3 is 1. The van der Waals surface area contributed by atoms with Crippen molar-refractivity contribution in [2.24, 2.45) is 5.73 Å². The average molecular weight is 177 g/mol. The largest absolute Gasteiger partial charge is 0.447 e. The van der Waals surface area contributed by atoms with Gasteiger partial charge in [0.25, 0.3) is 0 Å². The highest BCUT2D eigenvalue weighted by Crippen LogP contribution is 1.91. The van der Waals surface area contributed by atoms with Crippen molar-refractivity contribution >= 4 is 6.09 Å². The van der Waals surface area contributed by atoms with Gasteiger partial charge < -0.3 is 19.9 Å². The lowest BCUT2D eigenvalue weighted by molar-refractivity contribution is -0.00502. The van der Waals surface area contributed by atoms with Gasteiger partial charge in [-0.1, -0.05) is 0 Å². The van der Waals surface area contributed by atoms with E-state index in [1.807, 2.05) is 0 Å². The van der Waals surface area contributed by atoms with Gasteiger partial charge >= 0.3 is 6.09 Å². The van der Waals surface area contributed by atoms with E-state index < -0.39 is 6.09 Å². The zero-order chi connectivity index (χ0) is 9.40. The molecule has 1 unspecified atom stereocenters. The van der Waals surface area contributed by atoms with Gasteiger partial charge in [0.15, 0.2) is 0 Å². The molecule has 5 heteroatoms. The fourth-order valence-electron chi connectivity index (χ4n) is 0.580. The minimum Gasteiger partial charge on any atom is -0.447 e. The Morgan fingerprint density at radius 1 is 1.50 bits per heavy atom. The molecule has 12 heavy (non-hydrogen) atoms. The lowest BCUT2D eigenvalue weighted by atomic mass is 10.4. The number of carbonyl (C=O) groups excluding carboxylic acids is 1. The normalized spacial score (nSPS) is 12.5. The summed E-state index contributed by atoms with van der Waals surface area (Å²) in [5.41, 5.74) is 4.75. The maximum absolute atomic E-state index is 10.2. The third-order valence-electron chi connectivity index (χ3n) is 1.15. The molecular formula is C7H15NO4. The van der Waals surface area contributed by atoms with Crippen LogP contribution in [-0.4, -0.2) is 39.1 Å². The monoisotopic (exact) mass is 177 g/mol. The molecule has 0 radical (unpaired) electrons. The van der Waals surface area contributed by atoms with Crippen molar-refractivity contribution in [1.82, 2.24) is 0 Å². The summed E-state index contributed by atoms with van der Waals surface area (Å²) in [6.45, 7) is 2.98. The van der Waals surface area contributed by atoms with Crippen LogP contribution in [0.2, 0.25) is 0 Å². The Kier molecular flexibility index (Phi) is 6.41. The molecule has 0 saturated heterocycles. The van der Waals surface area contributed by atoms with Gasteiger partial charge in [0.2, 0.25) is 0 Å². The Bertz CT molecular complexity index is 129. The number of ether oxygens (including phenoxy) is 3. The first-order chi connectivity index (χ1) is 5.66. The smallest absolute Gasteiger partial charge is 0.404 e. The van der Waals surface area contributed by atoms with E-state index in [2.05, 4.69) is 4.74 Å². The van der Waals surface area contributed by atoms with Crippen LogP contribution in [0.15, 0.2) is 0 Å². The lowest BCUT2D eigenvalue weighted by Gasteiger charge is -2.11. The summed E-state index contributed by atoms with van der Waals surface area (Å²) in [6, 6.07) is 0. The topological polar surface area (TPSA) is 70.8 Å². The van der Waals surface area contributed by atoms with Gasteiger partial charge in [0, 0.05) is 7.11 Å². The van der Waals surface area contributed by atoms with Crippen LogP contribution in [0.4, 0.5) is 4.79 Å². The highest BCUT2D eigenvalue weighted by molar-refractivity contribution is 5.64. The Morgan fingerprint density at radius 2 is 2.17 bits per heavy atom. The van der Waals surface area contributed by atoms with Crippen LogP contribution in [0.3, 0.4) is 0 Å². The molecule has 1 atom stereocenters. The van der Waals surface area contributed by atoms with E-state index in [4.69, 9.17) is 15.2 Å². The number of rotatable bonds is 6. The Balaban J connectivity index is 3.21. The van der Waals surface area contributed by atoms with Crippen molar-refractivity contribution in [1.29, 1.82) is 0 Å². The molecule has 0 bridgehead atoms. The maximum Gasteiger partial charge on any atom is 0.404 e. The molecule has 0 aromatic carbocycles. The standard InChI is InChI=1S/C7H15NO4/c1-6(5-12-7(8)9)11-4-3-10-2/h6H,3-5H2,1-2H3,(H2,8,9). The summed E-state index contributed by atoms with van der Waals surface area (Å²) < 4.78 is 14.4. The molecule has 0 saturated carbocycles. The third kappa shape index (κ3) is 7.30. The maximum atomic E-state index is 10.2. The second-order valence-electron chi connectivity index (χ2n) is 2.30. The minimum atomic E-state index is -0.780. The number of hydrogen-bond acceptors (Lipinski definition) is 4. The van der Waals surface area contributed by atoms with Crippen LogP contribution in [0, 0.1) is 0 Å². The fourth-order valence-corrected chi connectivity index (χ4v) is 0.580. The quantitative estimate of drug-likeness (QED) is 0.585. The van der Waals surface area contributed by atoms with Gasteiger partial charge in [0.1, 0.15) is 6.61 Å². The van der Waals surface area contributed by atoms with Gasteiger partial charge in [-0.15, -0.1) is 0 Å². The molecule has 72 valence electrons. The summed E-state index contributed by atoms with van der Waals surface area (Å²) in [5.74, 6) is 0. The van der Waals surface area contributed by atoms with Gasteiger partial charge in [-0.3, -0.25) is 0 Å². The molecular weight excluding hydrogens is 162 g/mol. The minimum absolute atomic E-state index is 0.146. The fraction of sp³-hybridized carbons (Fsp3) is 0.857. The molecule has 0 rings (SSSR count). The summed E-state index contributed by atoms with van der Waals surface area (Å²) in [4.78, 5) is 10.2. The molecule has 1 amide bonds. The molecule has 0 aliphatic rings. The number of nitrogens with two attached hydrogens (primary N) is 1. The van der Waals surface area contributed by atoms with Crippen LogP contribution in [0.5, 0.6) is 0 Å². The molecule has 0 aliphatic carbocycles. The highest BCUT2D eigenvalue weighted by atomic mass is 16.6. The zero-order valence-electron chi connectivity index (χ0n) is 7.41. The molecule has 0 fully saturated rings. The molecule has 2 N–H and O–H groups in total. The molecule has 0 heterocycles. The predicted molar refractivity (Wildman–Crippen MR) is 42.8 cm³/mol. The van der Waals surface area contributed by atoms with Crippen LogP contribution in [0.1, 0.15) is 6.92 Å². The summed E-state index contributed by atoms with van der Waals surface area (Å²) >= 11 is 0. The van der Waals surface area contributed by atoms with Crippen molar-refractivity contribution in [3.63, 3.8) is 0 Å². The van der Waals surface area contributed by atoms with Crippen LogP contribution < -0.4 is 5.73 Å².